The van der Waals surface area contributed by atoms with Gasteiger partial charge in [-0.3, -0.25) is 4.98 Å². The highest BCUT2D eigenvalue weighted by Crippen LogP contribution is 2.44. The van der Waals surface area contributed by atoms with E-state index in [0.29, 0.717) is 10.8 Å². The molecule has 0 unspecified atom stereocenters. The van der Waals surface area contributed by atoms with Crippen LogP contribution in [0.4, 0.5) is 15.8 Å². The molecule has 178 valence electrons. The van der Waals surface area contributed by atoms with Crippen molar-refractivity contribution in [3.8, 4) is 5.69 Å². The molecule has 4 aromatic rings. The Morgan fingerprint density at radius 3 is 2.34 bits per heavy atom. The standard InChI is InChI=1S/C28H28FN5S/c1-18-17-22(19(2)33(18)21-14-12-20(13-15-21)32(3)4)27-26(24-10-7-8-16-30-24)31-28(35)34(27)25-11-6-5-9-23(25)29/h5-17,26-27H,1-4H3,(H,31,35)/t26-,27-/m0/s1. The fourth-order valence-corrected chi connectivity index (χ4v) is 5.30. The summed E-state index contributed by atoms with van der Waals surface area (Å²) in [5, 5.41) is 3.91. The molecule has 0 spiro atoms. The van der Waals surface area contributed by atoms with Crippen molar-refractivity contribution in [2.45, 2.75) is 25.9 Å². The van der Waals surface area contributed by atoms with Crippen molar-refractivity contribution in [1.82, 2.24) is 14.9 Å². The van der Waals surface area contributed by atoms with Crippen molar-refractivity contribution in [2.24, 2.45) is 0 Å². The summed E-state index contributed by atoms with van der Waals surface area (Å²) in [5.41, 5.74) is 6.79. The topological polar surface area (TPSA) is 36.3 Å². The molecule has 1 N–H and O–H groups in total. The second-order valence-electron chi connectivity index (χ2n) is 9.02. The number of thiocarbonyl (C=S) groups is 1. The molecule has 1 aliphatic rings. The number of halogens is 1. The second-order valence-corrected chi connectivity index (χ2v) is 9.41. The lowest BCUT2D eigenvalue weighted by atomic mass is 9.96. The normalized spacial score (nSPS) is 17.5. The first kappa shape index (κ1) is 23.1. The van der Waals surface area contributed by atoms with Crippen LogP contribution in [0, 0.1) is 19.7 Å². The van der Waals surface area contributed by atoms with Gasteiger partial charge in [0, 0.05) is 43.1 Å². The third-order valence-electron chi connectivity index (χ3n) is 6.62. The minimum absolute atomic E-state index is 0.228. The molecule has 1 saturated heterocycles. The summed E-state index contributed by atoms with van der Waals surface area (Å²) in [6.07, 6.45) is 1.78. The zero-order valence-electron chi connectivity index (χ0n) is 20.2. The predicted molar refractivity (Wildman–Crippen MR) is 144 cm³/mol. The number of aromatic nitrogens is 2. The Hall–Kier alpha value is -3.71. The fourth-order valence-electron chi connectivity index (χ4n) is 4.96. The largest absolute Gasteiger partial charge is 0.378 e. The number of nitrogens with zero attached hydrogens (tertiary/aromatic N) is 4. The molecule has 0 saturated carbocycles. The van der Waals surface area contributed by atoms with Gasteiger partial charge in [0.2, 0.25) is 0 Å². The highest BCUT2D eigenvalue weighted by atomic mass is 32.1. The Balaban J connectivity index is 1.66. The van der Waals surface area contributed by atoms with Gasteiger partial charge in [-0.05, 0) is 86.2 Å². The molecule has 35 heavy (non-hydrogen) atoms. The monoisotopic (exact) mass is 485 g/mol. The minimum atomic E-state index is -0.309. The van der Waals surface area contributed by atoms with Crippen molar-refractivity contribution in [2.75, 3.05) is 23.9 Å². The SMILES string of the molecule is Cc1cc([C@H]2[C@H](c3ccccn3)NC(=S)N2c2ccccc2F)c(C)n1-c1ccc(N(C)C)cc1. The Labute approximate surface area is 210 Å². The van der Waals surface area contributed by atoms with E-state index in [0.717, 1.165) is 34.0 Å². The van der Waals surface area contributed by atoms with Crippen LogP contribution in [0.2, 0.25) is 0 Å². The van der Waals surface area contributed by atoms with Gasteiger partial charge in [-0.2, -0.15) is 0 Å². The highest BCUT2D eigenvalue weighted by molar-refractivity contribution is 7.80. The van der Waals surface area contributed by atoms with Gasteiger partial charge in [-0.15, -0.1) is 0 Å². The van der Waals surface area contributed by atoms with Gasteiger partial charge in [0.1, 0.15) is 5.82 Å². The third kappa shape index (κ3) is 4.06. The van der Waals surface area contributed by atoms with Crippen LogP contribution in [0.3, 0.4) is 0 Å². The summed E-state index contributed by atoms with van der Waals surface area (Å²) in [4.78, 5) is 8.59. The number of benzene rings is 2. The fraction of sp³-hybridized carbons (Fsp3) is 0.214. The molecule has 5 nitrogen and oxygen atoms in total. The van der Waals surface area contributed by atoms with Crippen LogP contribution in [0.1, 0.15) is 34.7 Å². The van der Waals surface area contributed by atoms with Crippen LogP contribution < -0.4 is 15.1 Å². The first-order chi connectivity index (χ1) is 16.9. The molecular formula is C28H28FN5S. The number of nitrogens with one attached hydrogen (secondary N) is 1. The summed E-state index contributed by atoms with van der Waals surface area (Å²) >= 11 is 5.76. The maximum Gasteiger partial charge on any atom is 0.174 e. The smallest absolute Gasteiger partial charge is 0.174 e. The quantitative estimate of drug-likeness (QED) is 0.358. The molecule has 7 heteroatoms. The van der Waals surface area contributed by atoms with Crippen LogP contribution in [0.15, 0.2) is 79.0 Å². The molecule has 0 bridgehead atoms. The zero-order valence-corrected chi connectivity index (χ0v) is 21.1. The van der Waals surface area contributed by atoms with Crippen molar-refractivity contribution < 1.29 is 4.39 Å². The van der Waals surface area contributed by atoms with Gasteiger partial charge in [-0.1, -0.05) is 18.2 Å². The van der Waals surface area contributed by atoms with Crippen LogP contribution in [-0.4, -0.2) is 28.8 Å². The molecule has 1 aliphatic heterocycles. The summed E-state index contributed by atoms with van der Waals surface area (Å²) in [6.45, 7) is 4.21. The van der Waals surface area contributed by atoms with E-state index in [4.69, 9.17) is 12.2 Å². The van der Waals surface area contributed by atoms with E-state index in [2.05, 4.69) is 63.9 Å². The Morgan fingerprint density at radius 2 is 1.69 bits per heavy atom. The van der Waals surface area contributed by atoms with Gasteiger partial charge in [0.15, 0.2) is 5.11 Å². The number of para-hydroxylation sites is 1. The van der Waals surface area contributed by atoms with E-state index in [-0.39, 0.29) is 17.9 Å². The first-order valence-corrected chi connectivity index (χ1v) is 12.0. The number of anilines is 2. The molecule has 1 fully saturated rings. The number of aryl methyl sites for hydroxylation is 1. The average Bonchev–Trinajstić information content (AvgIpc) is 3.35. The highest BCUT2D eigenvalue weighted by Gasteiger charge is 2.43. The Bertz CT molecular complexity index is 1360. The van der Waals surface area contributed by atoms with Gasteiger partial charge >= 0.3 is 0 Å². The predicted octanol–water partition coefficient (Wildman–Crippen LogP) is 5.87. The Morgan fingerprint density at radius 1 is 0.971 bits per heavy atom. The molecule has 2 aromatic heterocycles. The number of rotatable bonds is 5. The van der Waals surface area contributed by atoms with Crippen LogP contribution in [-0.2, 0) is 0 Å². The summed E-state index contributed by atoms with van der Waals surface area (Å²) in [6, 6.07) is 22.8. The molecule has 2 atom stereocenters. The zero-order chi connectivity index (χ0) is 24.7. The molecule has 2 aromatic carbocycles. The van der Waals surface area contributed by atoms with Crippen molar-refractivity contribution in [1.29, 1.82) is 0 Å². The molecule has 5 rings (SSSR count). The van der Waals surface area contributed by atoms with E-state index in [1.165, 1.54) is 6.07 Å². The van der Waals surface area contributed by atoms with Crippen molar-refractivity contribution >= 4 is 28.7 Å². The van der Waals surface area contributed by atoms with E-state index < -0.39 is 0 Å². The van der Waals surface area contributed by atoms with Crippen LogP contribution in [0.25, 0.3) is 5.69 Å². The first-order valence-electron chi connectivity index (χ1n) is 11.6. The molecule has 0 radical (unpaired) electrons. The van der Waals surface area contributed by atoms with Gasteiger partial charge in [0.05, 0.1) is 23.5 Å². The summed E-state index contributed by atoms with van der Waals surface area (Å²) < 4.78 is 17.3. The third-order valence-corrected chi connectivity index (χ3v) is 6.94. The lowest BCUT2D eigenvalue weighted by Crippen LogP contribution is -2.30. The Kier molecular flexibility index (Phi) is 6.03. The van der Waals surface area contributed by atoms with E-state index in [1.54, 1.807) is 18.3 Å². The second kappa shape index (κ2) is 9.15. The van der Waals surface area contributed by atoms with E-state index >= 15 is 4.39 Å². The van der Waals surface area contributed by atoms with E-state index in [1.807, 2.05) is 43.3 Å². The van der Waals surface area contributed by atoms with Crippen molar-refractivity contribution in [3.63, 3.8) is 0 Å². The number of pyridine rings is 1. The molecule has 0 aliphatic carbocycles. The lowest BCUT2D eigenvalue weighted by molar-refractivity contribution is 0.556. The van der Waals surface area contributed by atoms with Crippen LogP contribution >= 0.6 is 12.2 Å². The lowest BCUT2D eigenvalue weighted by Gasteiger charge is -2.28. The van der Waals surface area contributed by atoms with Gasteiger partial charge in [-0.25, -0.2) is 4.39 Å². The maximum absolute atomic E-state index is 15.0. The molecular weight excluding hydrogens is 457 g/mol. The average molecular weight is 486 g/mol. The molecule has 0 amide bonds. The van der Waals surface area contributed by atoms with E-state index in [9.17, 15) is 0 Å². The number of hydrogen-bond donors (Lipinski definition) is 1. The van der Waals surface area contributed by atoms with Gasteiger partial charge < -0.3 is 19.7 Å². The summed E-state index contributed by atoms with van der Waals surface area (Å²) in [7, 11) is 4.06. The van der Waals surface area contributed by atoms with Crippen molar-refractivity contribution in [3.05, 3.63) is 107 Å². The molecule has 3 heterocycles. The summed E-state index contributed by atoms with van der Waals surface area (Å²) in [5.74, 6) is -0.309. The number of hydrogen-bond acceptors (Lipinski definition) is 3. The maximum atomic E-state index is 15.0. The van der Waals surface area contributed by atoms with Crippen LogP contribution in [0.5, 0.6) is 0 Å². The van der Waals surface area contributed by atoms with Gasteiger partial charge in [0.25, 0.3) is 0 Å². The minimum Gasteiger partial charge on any atom is -0.378 e.